The van der Waals surface area contributed by atoms with Crippen LogP contribution in [0.25, 0.3) is 0 Å². The van der Waals surface area contributed by atoms with E-state index >= 15 is 0 Å². The minimum atomic E-state index is -0.392. The molecule has 0 radical (unpaired) electrons. The summed E-state index contributed by atoms with van der Waals surface area (Å²) in [6.45, 7) is 1.66. The van der Waals surface area contributed by atoms with Crippen LogP contribution >= 0.6 is 0 Å². The lowest BCUT2D eigenvalue weighted by molar-refractivity contribution is 0.332. The molecule has 16 heavy (non-hydrogen) atoms. The molecule has 2 N–H and O–H groups in total. The summed E-state index contributed by atoms with van der Waals surface area (Å²) >= 11 is 0. The van der Waals surface area contributed by atoms with Gasteiger partial charge in [0.15, 0.2) is 0 Å². The molecule has 88 valence electrons. The number of hydrogen-bond acceptors (Lipinski definition) is 3. The van der Waals surface area contributed by atoms with Crippen molar-refractivity contribution in [2.24, 2.45) is 0 Å². The van der Waals surface area contributed by atoms with Crippen LogP contribution in [0.5, 0.6) is 0 Å². The molecule has 0 aliphatic heterocycles. The van der Waals surface area contributed by atoms with Crippen LogP contribution in [0.15, 0.2) is 15.7 Å². The average Bonchev–Trinajstić information content (AvgIpc) is 2.28. The van der Waals surface area contributed by atoms with Crippen LogP contribution in [0.2, 0.25) is 0 Å². The van der Waals surface area contributed by atoms with Gasteiger partial charge in [-0.1, -0.05) is 19.3 Å². The van der Waals surface area contributed by atoms with Crippen molar-refractivity contribution in [1.29, 1.82) is 0 Å². The van der Waals surface area contributed by atoms with Crippen LogP contribution in [0.1, 0.15) is 43.8 Å². The number of nitrogens with two attached hydrogens (primary N) is 1. The fourth-order valence-electron chi connectivity index (χ4n) is 2.35. The Hall–Kier alpha value is -1.52. The smallest absolute Gasteiger partial charge is 0.335 e. The van der Waals surface area contributed by atoms with Crippen molar-refractivity contribution < 1.29 is 0 Å². The Labute approximate surface area is 93.5 Å². The van der Waals surface area contributed by atoms with Gasteiger partial charge in [0.25, 0.3) is 5.56 Å². The van der Waals surface area contributed by atoms with E-state index in [9.17, 15) is 9.59 Å². The standard InChI is InChI=1S/C11H17N3O2/c1-8-7-10(15)13(11(16)14(8)12)9-5-3-2-4-6-9/h7,9H,2-6,12H2,1H3. The van der Waals surface area contributed by atoms with E-state index < -0.39 is 5.69 Å². The number of aryl methyl sites for hydroxylation is 1. The topological polar surface area (TPSA) is 70.0 Å². The fraction of sp³-hybridized carbons (Fsp3) is 0.636. The van der Waals surface area contributed by atoms with Gasteiger partial charge in [0.1, 0.15) is 0 Å². The Morgan fingerprint density at radius 2 is 1.88 bits per heavy atom. The van der Waals surface area contributed by atoms with Crippen LogP contribution in [0.4, 0.5) is 0 Å². The number of rotatable bonds is 1. The first-order chi connectivity index (χ1) is 7.61. The highest BCUT2D eigenvalue weighted by molar-refractivity contribution is 5.01. The zero-order valence-electron chi connectivity index (χ0n) is 9.48. The summed E-state index contributed by atoms with van der Waals surface area (Å²) < 4.78 is 2.36. The van der Waals surface area contributed by atoms with E-state index in [4.69, 9.17) is 5.84 Å². The van der Waals surface area contributed by atoms with Crippen LogP contribution < -0.4 is 17.1 Å². The molecule has 2 rings (SSSR count). The summed E-state index contributed by atoms with van der Waals surface area (Å²) in [4.78, 5) is 23.7. The molecule has 5 heteroatoms. The molecule has 1 aromatic heterocycles. The van der Waals surface area contributed by atoms with Gasteiger partial charge in [-0.3, -0.25) is 9.36 Å². The van der Waals surface area contributed by atoms with E-state index in [0.717, 1.165) is 30.4 Å². The third kappa shape index (κ3) is 1.77. The molecule has 1 aliphatic carbocycles. The summed E-state index contributed by atoms with van der Waals surface area (Å²) in [5, 5.41) is 0. The van der Waals surface area contributed by atoms with Gasteiger partial charge in [0, 0.05) is 17.8 Å². The van der Waals surface area contributed by atoms with Gasteiger partial charge < -0.3 is 5.84 Å². The van der Waals surface area contributed by atoms with Crippen molar-refractivity contribution in [3.05, 3.63) is 32.6 Å². The van der Waals surface area contributed by atoms with Gasteiger partial charge in [-0.2, -0.15) is 0 Å². The quantitative estimate of drug-likeness (QED) is 0.706. The SMILES string of the molecule is Cc1cc(=O)n(C2CCCCC2)c(=O)n1N. The molecule has 1 aliphatic rings. The zero-order chi connectivity index (χ0) is 11.7. The fourth-order valence-corrected chi connectivity index (χ4v) is 2.35. The molecular formula is C11H17N3O2. The number of aromatic nitrogens is 2. The van der Waals surface area contributed by atoms with E-state index in [1.165, 1.54) is 17.1 Å². The summed E-state index contributed by atoms with van der Waals surface area (Å²) in [6.07, 6.45) is 5.15. The van der Waals surface area contributed by atoms with E-state index in [1.807, 2.05) is 0 Å². The highest BCUT2D eigenvalue weighted by Crippen LogP contribution is 2.25. The van der Waals surface area contributed by atoms with Gasteiger partial charge in [0.05, 0.1) is 0 Å². The van der Waals surface area contributed by atoms with Gasteiger partial charge >= 0.3 is 5.69 Å². The molecule has 1 aromatic rings. The Balaban J connectivity index is 2.51. The molecule has 0 atom stereocenters. The zero-order valence-corrected chi connectivity index (χ0v) is 9.48. The lowest BCUT2D eigenvalue weighted by atomic mass is 9.95. The molecule has 0 aromatic carbocycles. The summed E-state index contributed by atoms with van der Waals surface area (Å²) in [5.74, 6) is 5.60. The molecule has 1 fully saturated rings. The third-order valence-corrected chi connectivity index (χ3v) is 3.30. The highest BCUT2D eigenvalue weighted by Gasteiger charge is 2.19. The molecule has 0 amide bonds. The lowest BCUT2D eigenvalue weighted by Crippen LogP contribution is -2.45. The normalized spacial score (nSPS) is 17.6. The van der Waals surface area contributed by atoms with Crippen LogP contribution in [-0.4, -0.2) is 9.24 Å². The Bertz CT molecular complexity index is 495. The Morgan fingerprint density at radius 1 is 1.25 bits per heavy atom. The Kier molecular flexibility index (Phi) is 2.85. The number of nitrogens with zero attached hydrogens (tertiary/aromatic N) is 2. The second kappa shape index (κ2) is 4.15. The molecule has 0 saturated heterocycles. The summed E-state index contributed by atoms with van der Waals surface area (Å²) in [5.41, 5.74) is -0.116. The van der Waals surface area contributed by atoms with Crippen molar-refractivity contribution in [2.75, 3.05) is 5.84 Å². The maximum atomic E-state index is 11.9. The Morgan fingerprint density at radius 3 is 2.50 bits per heavy atom. The van der Waals surface area contributed by atoms with Crippen LogP contribution in [0.3, 0.4) is 0 Å². The van der Waals surface area contributed by atoms with E-state index in [0.29, 0.717) is 5.69 Å². The van der Waals surface area contributed by atoms with Gasteiger partial charge in [0.2, 0.25) is 0 Å². The van der Waals surface area contributed by atoms with Crippen molar-refractivity contribution in [2.45, 2.75) is 45.1 Å². The first-order valence-corrected chi connectivity index (χ1v) is 5.71. The van der Waals surface area contributed by atoms with Gasteiger partial charge in [-0.05, 0) is 19.8 Å². The lowest BCUT2D eigenvalue weighted by Gasteiger charge is -2.23. The van der Waals surface area contributed by atoms with Crippen LogP contribution in [0, 0.1) is 6.92 Å². The molecule has 1 saturated carbocycles. The molecule has 0 spiro atoms. The highest BCUT2D eigenvalue weighted by atomic mass is 16.2. The van der Waals surface area contributed by atoms with Crippen molar-refractivity contribution in [1.82, 2.24) is 9.24 Å². The summed E-state index contributed by atoms with van der Waals surface area (Å²) in [7, 11) is 0. The minimum absolute atomic E-state index is 0.0316. The predicted molar refractivity (Wildman–Crippen MR) is 62.0 cm³/mol. The number of hydrogen-bond donors (Lipinski definition) is 1. The van der Waals surface area contributed by atoms with Crippen molar-refractivity contribution >= 4 is 0 Å². The second-order valence-electron chi connectivity index (χ2n) is 4.44. The summed E-state index contributed by atoms with van der Waals surface area (Å²) in [6, 6.07) is 1.46. The second-order valence-corrected chi connectivity index (χ2v) is 4.44. The largest absolute Gasteiger partial charge is 0.349 e. The van der Waals surface area contributed by atoms with Crippen molar-refractivity contribution in [3.63, 3.8) is 0 Å². The maximum absolute atomic E-state index is 11.9. The van der Waals surface area contributed by atoms with E-state index in [-0.39, 0.29) is 11.6 Å². The average molecular weight is 223 g/mol. The van der Waals surface area contributed by atoms with E-state index in [1.54, 1.807) is 6.92 Å². The molecule has 0 unspecified atom stereocenters. The monoisotopic (exact) mass is 223 g/mol. The van der Waals surface area contributed by atoms with E-state index in [2.05, 4.69) is 0 Å². The first kappa shape index (κ1) is 11.0. The van der Waals surface area contributed by atoms with Crippen LogP contribution in [-0.2, 0) is 0 Å². The number of nitrogen functional groups attached to an aromatic ring is 1. The molecular weight excluding hydrogens is 206 g/mol. The molecule has 0 bridgehead atoms. The molecule has 1 heterocycles. The van der Waals surface area contributed by atoms with Crippen molar-refractivity contribution in [3.8, 4) is 0 Å². The van der Waals surface area contributed by atoms with Gasteiger partial charge in [-0.15, -0.1) is 0 Å². The minimum Gasteiger partial charge on any atom is -0.335 e. The molecule has 5 nitrogen and oxygen atoms in total. The maximum Gasteiger partial charge on any atom is 0.349 e. The van der Waals surface area contributed by atoms with Gasteiger partial charge in [-0.25, -0.2) is 9.47 Å². The predicted octanol–water partition coefficient (Wildman–Crippen LogP) is 0.537. The first-order valence-electron chi connectivity index (χ1n) is 5.71. The third-order valence-electron chi connectivity index (χ3n) is 3.30.